The number of hydrogen-bond acceptors (Lipinski definition) is 5. The maximum absolute atomic E-state index is 12.9. The summed E-state index contributed by atoms with van der Waals surface area (Å²) in [6.45, 7) is 1.86. The molecule has 2 N–H and O–H groups in total. The molecule has 0 spiro atoms. The lowest BCUT2D eigenvalue weighted by Crippen LogP contribution is -2.38. The van der Waals surface area contributed by atoms with Gasteiger partial charge in [-0.05, 0) is 70.8 Å². The van der Waals surface area contributed by atoms with Crippen LogP contribution >= 0.6 is 0 Å². The zero-order chi connectivity index (χ0) is 27.4. The quantitative estimate of drug-likeness (QED) is 0.243. The van der Waals surface area contributed by atoms with E-state index < -0.39 is 24.4 Å². The molecule has 0 unspecified atom stereocenters. The Morgan fingerprint density at radius 3 is 2.54 bits per heavy atom. The first kappa shape index (κ1) is 25.5. The van der Waals surface area contributed by atoms with Gasteiger partial charge in [0.15, 0.2) is 11.5 Å². The standard InChI is InChI=1S/C31H27N3O5/c1-20-6-5-9-25(14-20)32-29(35)18-34-30(36)26(33-31(34)37)16-21-11-13-27(28(17-21)38-2)39-19-22-10-12-23-7-3-4-8-24(23)15-22/h3-17H,18-19H2,1-2H3,(H,32,35)(H,33,37)/b26-16+. The number of anilines is 1. The van der Waals surface area contributed by atoms with Crippen molar-refractivity contribution in [2.24, 2.45) is 0 Å². The normalized spacial score (nSPS) is 14.0. The predicted molar refractivity (Wildman–Crippen MR) is 149 cm³/mol. The number of aryl methyl sites for hydroxylation is 1. The van der Waals surface area contributed by atoms with E-state index in [9.17, 15) is 14.4 Å². The number of rotatable bonds is 8. The highest BCUT2D eigenvalue weighted by Gasteiger charge is 2.35. The molecular formula is C31H27N3O5. The van der Waals surface area contributed by atoms with Crippen molar-refractivity contribution in [2.45, 2.75) is 13.5 Å². The number of ether oxygens (including phenoxy) is 2. The van der Waals surface area contributed by atoms with Crippen LogP contribution in [0.2, 0.25) is 0 Å². The van der Waals surface area contributed by atoms with Crippen molar-refractivity contribution in [2.75, 3.05) is 19.0 Å². The third kappa shape index (κ3) is 5.91. The molecule has 0 aliphatic carbocycles. The highest BCUT2D eigenvalue weighted by Crippen LogP contribution is 2.30. The maximum atomic E-state index is 12.9. The largest absolute Gasteiger partial charge is 0.493 e. The molecule has 4 aromatic rings. The van der Waals surface area contributed by atoms with Crippen molar-refractivity contribution in [1.29, 1.82) is 0 Å². The van der Waals surface area contributed by atoms with E-state index in [0.717, 1.165) is 26.8 Å². The molecule has 1 saturated heterocycles. The summed E-state index contributed by atoms with van der Waals surface area (Å²) in [5, 5.41) is 7.55. The molecule has 0 radical (unpaired) electrons. The zero-order valence-electron chi connectivity index (χ0n) is 21.6. The van der Waals surface area contributed by atoms with Gasteiger partial charge in [0.25, 0.3) is 5.91 Å². The summed E-state index contributed by atoms with van der Waals surface area (Å²) in [5.41, 5.74) is 3.29. The van der Waals surface area contributed by atoms with Gasteiger partial charge in [-0.25, -0.2) is 9.69 Å². The Morgan fingerprint density at radius 2 is 1.74 bits per heavy atom. The molecule has 8 nitrogen and oxygen atoms in total. The average Bonchev–Trinajstić information content (AvgIpc) is 3.19. The minimum Gasteiger partial charge on any atom is -0.493 e. The second-order valence-electron chi connectivity index (χ2n) is 9.18. The number of benzene rings is 4. The summed E-state index contributed by atoms with van der Waals surface area (Å²) in [7, 11) is 1.53. The topological polar surface area (TPSA) is 97.0 Å². The number of urea groups is 1. The molecule has 0 aromatic heterocycles. The van der Waals surface area contributed by atoms with Gasteiger partial charge >= 0.3 is 6.03 Å². The fraction of sp³-hybridized carbons (Fsp3) is 0.129. The molecule has 1 heterocycles. The van der Waals surface area contributed by atoms with Gasteiger partial charge in [-0.15, -0.1) is 0 Å². The number of nitrogens with zero attached hydrogens (tertiary/aromatic N) is 1. The minimum absolute atomic E-state index is 0.0650. The van der Waals surface area contributed by atoms with E-state index in [-0.39, 0.29) is 5.70 Å². The third-order valence-electron chi connectivity index (χ3n) is 6.27. The van der Waals surface area contributed by atoms with Crippen molar-refractivity contribution >= 4 is 40.4 Å². The van der Waals surface area contributed by atoms with Crippen LogP contribution in [0.5, 0.6) is 11.5 Å². The molecule has 8 heteroatoms. The zero-order valence-corrected chi connectivity index (χ0v) is 21.6. The van der Waals surface area contributed by atoms with Gasteiger partial charge in [0, 0.05) is 5.69 Å². The summed E-state index contributed by atoms with van der Waals surface area (Å²) in [5.74, 6) is -0.0322. The second kappa shape index (κ2) is 11.1. The van der Waals surface area contributed by atoms with Crippen LogP contribution in [0.4, 0.5) is 10.5 Å². The van der Waals surface area contributed by atoms with Crippen LogP contribution in [0.25, 0.3) is 16.8 Å². The number of carbonyl (C=O) groups is 3. The van der Waals surface area contributed by atoms with Crippen LogP contribution in [0.15, 0.2) is 90.6 Å². The summed E-state index contributed by atoms with van der Waals surface area (Å²) in [6.07, 6.45) is 1.54. The predicted octanol–water partition coefficient (Wildman–Crippen LogP) is 5.27. The third-order valence-corrected chi connectivity index (χ3v) is 6.27. The lowest BCUT2D eigenvalue weighted by molar-refractivity contribution is -0.127. The number of nitrogens with one attached hydrogen (secondary N) is 2. The van der Waals surface area contributed by atoms with Crippen LogP contribution < -0.4 is 20.1 Å². The first-order valence-electron chi connectivity index (χ1n) is 12.4. The number of imide groups is 1. The molecule has 1 aliphatic rings. The Bertz CT molecular complexity index is 1610. The molecule has 0 bridgehead atoms. The molecule has 196 valence electrons. The van der Waals surface area contributed by atoms with E-state index in [1.807, 2.05) is 37.3 Å². The monoisotopic (exact) mass is 521 g/mol. The van der Waals surface area contributed by atoms with E-state index in [1.54, 1.807) is 30.3 Å². The Labute approximate surface area is 225 Å². The summed E-state index contributed by atoms with van der Waals surface area (Å²) >= 11 is 0. The van der Waals surface area contributed by atoms with Crippen molar-refractivity contribution < 1.29 is 23.9 Å². The van der Waals surface area contributed by atoms with Crippen molar-refractivity contribution in [3.05, 3.63) is 107 Å². The maximum Gasteiger partial charge on any atom is 0.329 e. The van der Waals surface area contributed by atoms with Gasteiger partial charge < -0.3 is 20.1 Å². The highest BCUT2D eigenvalue weighted by atomic mass is 16.5. The Hall–Kier alpha value is -5.11. The van der Waals surface area contributed by atoms with E-state index >= 15 is 0 Å². The van der Waals surface area contributed by atoms with Gasteiger partial charge in [0.2, 0.25) is 5.91 Å². The summed E-state index contributed by atoms with van der Waals surface area (Å²) in [4.78, 5) is 38.6. The van der Waals surface area contributed by atoms with Crippen LogP contribution in [-0.2, 0) is 16.2 Å². The lowest BCUT2D eigenvalue weighted by atomic mass is 10.1. The molecule has 4 amide bonds. The molecule has 1 aliphatic heterocycles. The molecule has 0 atom stereocenters. The summed E-state index contributed by atoms with van der Waals surface area (Å²) < 4.78 is 11.5. The molecular weight excluding hydrogens is 494 g/mol. The smallest absolute Gasteiger partial charge is 0.329 e. The first-order valence-corrected chi connectivity index (χ1v) is 12.4. The fourth-order valence-electron chi connectivity index (χ4n) is 4.33. The molecule has 4 aromatic carbocycles. The Morgan fingerprint density at radius 1 is 0.923 bits per heavy atom. The van der Waals surface area contributed by atoms with Gasteiger partial charge in [-0.2, -0.15) is 0 Å². The van der Waals surface area contributed by atoms with E-state index in [4.69, 9.17) is 9.47 Å². The van der Waals surface area contributed by atoms with Gasteiger partial charge in [0.1, 0.15) is 18.8 Å². The highest BCUT2D eigenvalue weighted by molar-refractivity contribution is 6.16. The SMILES string of the molecule is COc1cc(/C=C2/NC(=O)N(CC(=O)Nc3cccc(C)c3)C2=O)ccc1OCc1ccc2ccccc2c1. The minimum atomic E-state index is -0.659. The molecule has 5 rings (SSSR count). The number of fused-ring (bicyclic) bond motifs is 1. The summed E-state index contributed by atoms with van der Waals surface area (Å²) in [6, 6.07) is 26.1. The number of methoxy groups -OCH3 is 1. The van der Waals surface area contributed by atoms with Crippen molar-refractivity contribution in [1.82, 2.24) is 10.2 Å². The van der Waals surface area contributed by atoms with Crippen molar-refractivity contribution in [3.8, 4) is 11.5 Å². The van der Waals surface area contributed by atoms with Crippen LogP contribution in [0, 0.1) is 6.92 Å². The fourth-order valence-corrected chi connectivity index (χ4v) is 4.33. The van der Waals surface area contributed by atoms with Crippen LogP contribution in [-0.4, -0.2) is 36.4 Å². The van der Waals surface area contributed by atoms with Gasteiger partial charge in [-0.3, -0.25) is 9.59 Å². The van der Waals surface area contributed by atoms with E-state index in [1.165, 1.54) is 13.2 Å². The van der Waals surface area contributed by atoms with E-state index in [0.29, 0.717) is 29.4 Å². The molecule has 0 saturated carbocycles. The Balaban J connectivity index is 1.25. The number of amides is 4. The van der Waals surface area contributed by atoms with Crippen LogP contribution in [0.3, 0.4) is 0 Å². The lowest BCUT2D eigenvalue weighted by Gasteiger charge is -2.12. The average molecular weight is 522 g/mol. The van der Waals surface area contributed by atoms with E-state index in [2.05, 4.69) is 34.9 Å². The van der Waals surface area contributed by atoms with Crippen LogP contribution in [0.1, 0.15) is 16.7 Å². The Kier molecular flexibility index (Phi) is 7.27. The van der Waals surface area contributed by atoms with Gasteiger partial charge in [-0.1, -0.05) is 54.6 Å². The van der Waals surface area contributed by atoms with Crippen molar-refractivity contribution in [3.63, 3.8) is 0 Å². The molecule has 1 fully saturated rings. The van der Waals surface area contributed by atoms with Gasteiger partial charge in [0.05, 0.1) is 7.11 Å². The molecule has 39 heavy (non-hydrogen) atoms. The number of carbonyl (C=O) groups excluding carboxylic acids is 3. The second-order valence-corrected chi connectivity index (χ2v) is 9.18. The number of hydrogen-bond donors (Lipinski definition) is 2. The first-order chi connectivity index (χ1) is 18.9.